The molecule has 1 aliphatic heterocycles. The third kappa shape index (κ3) is 5.75. The molecule has 3 aromatic carbocycles. The van der Waals surface area contributed by atoms with Crippen LogP contribution in [0.1, 0.15) is 46.7 Å². The Kier molecular flexibility index (Phi) is 7.49. The number of carbonyl (C=O) groups excluding carboxylic acids is 1. The zero-order chi connectivity index (χ0) is 24.1. The Morgan fingerprint density at radius 2 is 1.53 bits per heavy atom. The molecule has 1 amide bonds. The lowest BCUT2D eigenvalue weighted by Gasteiger charge is -2.32. The third-order valence-electron chi connectivity index (χ3n) is 6.61. The van der Waals surface area contributed by atoms with Crippen molar-refractivity contribution in [1.82, 2.24) is 9.62 Å². The van der Waals surface area contributed by atoms with Crippen molar-refractivity contribution in [3.05, 3.63) is 107 Å². The molecule has 0 bridgehead atoms. The fourth-order valence-corrected chi connectivity index (χ4v) is 6.10. The number of nitrogens with one attached hydrogen (secondary N) is 1. The maximum atomic E-state index is 13.3. The standard InChI is InChI=1S/C28H32N2O3S/c1-21-12-14-23(15-13-21)20-34(32,33)30-18-16-25(17-19-30)28(31)29-27(24-9-4-3-5-10-24)26-11-7-6-8-22(26)2/h3-15,25,27H,16-20H2,1-2H3,(H,29,31)/t27-/m0/s1. The molecule has 1 heterocycles. The van der Waals surface area contributed by atoms with E-state index in [2.05, 4.69) is 18.3 Å². The minimum Gasteiger partial charge on any atom is -0.345 e. The number of benzene rings is 3. The van der Waals surface area contributed by atoms with Crippen molar-refractivity contribution in [1.29, 1.82) is 0 Å². The molecule has 0 spiro atoms. The first-order valence-electron chi connectivity index (χ1n) is 11.8. The normalized spacial score (nSPS) is 16.2. The van der Waals surface area contributed by atoms with Crippen LogP contribution in [0.5, 0.6) is 0 Å². The van der Waals surface area contributed by atoms with E-state index in [0.717, 1.165) is 27.8 Å². The van der Waals surface area contributed by atoms with Crippen molar-refractivity contribution in [3.63, 3.8) is 0 Å². The average molecular weight is 477 g/mol. The zero-order valence-corrected chi connectivity index (χ0v) is 20.6. The monoisotopic (exact) mass is 476 g/mol. The third-order valence-corrected chi connectivity index (χ3v) is 8.46. The van der Waals surface area contributed by atoms with Gasteiger partial charge < -0.3 is 5.32 Å². The summed E-state index contributed by atoms with van der Waals surface area (Å²) in [6.07, 6.45) is 1.04. The molecule has 1 aliphatic rings. The molecule has 1 atom stereocenters. The van der Waals surface area contributed by atoms with Crippen molar-refractivity contribution in [2.24, 2.45) is 5.92 Å². The van der Waals surface area contributed by atoms with Gasteiger partial charge in [-0.2, -0.15) is 0 Å². The summed E-state index contributed by atoms with van der Waals surface area (Å²) >= 11 is 0. The molecule has 0 radical (unpaired) electrons. The Morgan fingerprint density at radius 1 is 0.912 bits per heavy atom. The van der Waals surface area contributed by atoms with Gasteiger partial charge in [-0.05, 0) is 48.9 Å². The number of sulfonamides is 1. The first-order valence-corrected chi connectivity index (χ1v) is 13.4. The lowest BCUT2D eigenvalue weighted by Crippen LogP contribution is -2.44. The van der Waals surface area contributed by atoms with Crippen LogP contribution in [0, 0.1) is 19.8 Å². The zero-order valence-electron chi connectivity index (χ0n) is 19.8. The Balaban J connectivity index is 1.42. The second-order valence-electron chi connectivity index (χ2n) is 9.12. The van der Waals surface area contributed by atoms with Crippen LogP contribution in [0.2, 0.25) is 0 Å². The molecule has 4 rings (SSSR count). The predicted molar refractivity (Wildman–Crippen MR) is 136 cm³/mol. The van der Waals surface area contributed by atoms with E-state index in [1.54, 1.807) is 0 Å². The van der Waals surface area contributed by atoms with Gasteiger partial charge in [0.05, 0.1) is 11.8 Å². The van der Waals surface area contributed by atoms with Gasteiger partial charge in [-0.15, -0.1) is 0 Å². The topological polar surface area (TPSA) is 66.5 Å². The van der Waals surface area contributed by atoms with Crippen LogP contribution in [-0.2, 0) is 20.6 Å². The minimum atomic E-state index is -3.41. The van der Waals surface area contributed by atoms with Crippen LogP contribution in [0.15, 0.2) is 78.9 Å². The molecule has 0 unspecified atom stereocenters. The van der Waals surface area contributed by atoms with E-state index in [1.165, 1.54) is 4.31 Å². The molecule has 0 aromatic heterocycles. The molecule has 1 saturated heterocycles. The molecule has 0 aliphatic carbocycles. The number of amides is 1. The van der Waals surface area contributed by atoms with Crippen molar-refractivity contribution in [2.45, 2.75) is 38.5 Å². The van der Waals surface area contributed by atoms with E-state index in [4.69, 9.17) is 0 Å². The summed E-state index contributed by atoms with van der Waals surface area (Å²) in [6.45, 7) is 4.77. The Morgan fingerprint density at radius 3 is 2.18 bits per heavy atom. The van der Waals surface area contributed by atoms with E-state index in [9.17, 15) is 13.2 Å². The van der Waals surface area contributed by atoms with Crippen molar-refractivity contribution >= 4 is 15.9 Å². The van der Waals surface area contributed by atoms with Gasteiger partial charge in [-0.1, -0.05) is 84.4 Å². The van der Waals surface area contributed by atoms with Gasteiger partial charge in [0, 0.05) is 19.0 Å². The van der Waals surface area contributed by atoms with Gasteiger partial charge in [0.1, 0.15) is 0 Å². The van der Waals surface area contributed by atoms with Crippen LogP contribution in [0.25, 0.3) is 0 Å². The average Bonchev–Trinajstić information content (AvgIpc) is 2.85. The molecular weight excluding hydrogens is 444 g/mol. The Hall–Kier alpha value is -2.96. The number of nitrogens with zero attached hydrogens (tertiary/aromatic N) is 1. The van der Waals surface area contributed by atoms with Gasteiger partial charge in [-0.3, -0.25) is 4.79 Å². The van der Waals surface area contributed by atoms with E-state index < -0.39 is 10.0 Å². The predicted octanol–water partition coefficient (Wildman–Crippen LogP) is 4.75. The van der Waals surface area contributed by atoms with Crippen LogP contribution >= 0.6 is 0 Å². The minimum absolute atomic E-state index is 0.00644. The van der Waals surface area contributed by atoms with Crippen molar-refractivity contribution in [2.75, 3.05) is 13.1 Å². The maximum Gasteiger partial charge on any atom is 0.223 e. The number of hydrogen-bond donors (Lipinski definition) is 1. The van der Waals surface area contributed by atoms with E-state index in [1.807, 2.05) is 79.7 Å². The van der Waals surface area contributed by atoms with Crippen molar-refractivity contribution < 1.29 is 13.2 Å². The number of hydrogen-bond acceptors (Lipinski definition) is 3. The van der Waals surface area contributed by atoms with Crippen LogP contribution in [0.3, 0.4) is 0 Å². The number of aryl methyl sites for hydroxylation is 2. The summed E-state index contributed by atoms with van der Waals surface area (Å²) < 4.78 is 27.4. The number of carbonyl (C=O) groups is 1. The highest BCUT2D eigenvalue weighted by atomic mass is 32.2. The van der Waals surface area contributed by atoms with Crippen LogP contribution in [0.4, 0.5) is 0 Å². The number of rotatable bonds is 7. The lowest BCUT2D eigenvalue weighted by molar-refractivity contribution is -0.126. The van der Waals surface area contributed by atoms with E-state index in [0.29, 0.717) is 25.9 Å². The summed E-state index contributed by atoms with van der Waals surface area (Å²) in [5.74, 6) is -0.234. The summed E-state index contributed by atoms with van der Waals surface area (Å²) in [5.41, 5.74) is 5.11. The lowest BCUT2D eigenvalue weighted by atomic mass is 9.92. The van der Waals surface area contributed by atoms with Crippen LogP contribution in [-0.4, -0.2) is 31.7 Å². The highest BCUT2D eigenvalue weighted by molar-refractivity contribution is 7.88. The smallest absolute Gasteiger partial charge is 0.223 e. The van der Waals surface area contributed by atoms with E-state index in [-0.39, 0.29) is 23.6 Å². The maximum absolute atomic E-state index is 13.3. The molecule has 178 valence electrons. The fourth-order valence-electron chi connectivity index (χ4n) is 4.54. The Labute approximate surface area is 202 Å². The first-order chi connectivity index (χ1) is 16.3. The van der Waals surface area contributed by atoms with Crippen molar-refractivity contribution in [3.8, 4) is 0 Å². The summed E-state index contributed by atoms with van der Waals surface area (Å²) in [5, 5.41) is 3.25. The largest absolute Gasteiger partial charge is 0.345 e. The van der Waals surface area contributed by atoms with Gasteiger partial charge in [0.25, 0.3) is 0 Å². The quantitative estimate of drug-likeness (QED) is 0.535. The molecular formula is C28H32N2O3S. The Bertz CT molecular complexity index is 1220. The van der Waals surface area contributed by atoms with Gasteiger partial charge in [-0.25, -0.2) is 12.7 Å². The van der Waals surface area contributed by atoms with Gasteiger partial charge in [0.15, 0.2) is 0 Å². The SMILES string of the molecule is Cc1ccc(CS(=O)(=O)N2CCC(C(=O)N[C@@H](c3ccccc3)c3ccccc3C)CC2)cc1. The number of piperidine rings is 1. The highest BCUT2D eigenvalue weighted by Crippen LogP contribution is 2.27. The highest BCUT2D eigenvalue weighted by Gasteiger charge is 2.32. The fraction of sp³-hybridized carbons (Fsp3) is 0.321. The molecule has 34 heavy (non-hydrogen) atoms. The molecule has 3 aromatic rings. The second kappa shape index (κ2) is 10.5. The summed E-state index contributed by atoms with van der Waals surface area (Å²) in [6, 6.07) is 25.4. The first kappa shape index (κ1) is 24.2. The molecule has 6 heteroatoms. The van der Waals surface area contributed by atoms with Gasteiger partial charge >= 0.3 is 0 Å². The van der Waals surface area contributed by atoms with Crippen LogP contribution < -0.4 is 5.32 Å². The molecule has 1 fully saturated rings. The van der Waals surface area contributed by atoms with Gasteiger partial charge in [0.2, 0.25) is 15.9 Å². The molecule has 1 N–H and O–H groups in total. The second-order valence-corrected chi connectivity index (χ2v) is 11.1. The summed E-state index contributed by atoms with van der Waals surface area (Å²) in [7, 11) is -3.41. The molecule has 5 nitrogen and oxygen atoms in total. The van der Waals surface area contributed by atoms with E-state index >= 15 is 0 Å². The summed E-state index contributed by atoms with van der Waals surface area (Å²) in [4.78, 5) is 13.3. The molecule has 0 saturated carbocycles.